The van der Waals surface area contributed by atoms with Crippen LogP contribution in [0.3, 0.4) is 0 Å². The van der Waals surface area contributed by atoms with Gasteiger partial charge in [0.1, 0.15) is 13.1 Å². The lowest BCUT2D eigenvalue weighted by molar-refractivity contribution is -0.906. The van der Waals surface area contributed by atoms with Crippen molar-refractivity contribution in [2.45, 2.75) is 12.5 Å². The van der Waals surface area contributed by atoms with Gasteiger partial charge < -0.3 is 25.2 Å². The molecule has 1 aromatic rings. The number of morpholine rings is 1. The summed E-state index contributed by atoms with van der Waals surface area (Å²) in [4.78, 5) is 27.3. The van der Waals surface area contributed by atoms with E-state index in [2.05, 4.69) is 10.6 Å². The Balaban J connectivity index is 1.41. The molecule has 1 atom stereocenters. The van der Waals surface area contributed by atoms with E-state index >= 15 is 0 Å². The highest BCUT2D eigenvalue weighted by Crippen LogP contribution is 2.23. The molecule has 0 radical (unpaired) electrons. The number of anilines is 1. The van der Waals surface area contributed by atoms with E-state index in [0.29, 0.717) is 24.5 Å². The SMILES string of the molecule is O=C(NCC[NH+]1CCOCC1)N[C@H]1CC(=O)N(c2ccc(Cl)cc2)C1. The highest BCUT2D eigenvalue weighted by Gasteiger charge is 2.31. The molecule has 0 unspecified atom stereocenters. The Bertz CT molecular complexity index is 604. The first-order chi connectivity index (χ1) is 12.1. The first-order valence-corrected chi connectivity index (χ1v) is 9.01. The van der Waals surface area contributed by atoms with Crippen LogP contribution in [0.2, 0.25) is 5.02 Å². The Morgan fingerprint density at radius 1 is 1.28 bits per heavy atom. The number of rotatable bonds is 5. The van der Waals surface area contributed by atoms with Gasteiger partial charge >= 0.3 is 6.03 Å². The maximum absolute atomic E-state index is 12.2. The van der Waals surface area contributed by atoms with Gasteiger partial charge in [0, 0.05) is 23.7 Å². The minimum absolute atomic E-state index is 0.00498. The average molecular weight is 368 g/mol. The lowest BCUT2D eigenvalue weighted by Crippen LogP contribution is -3.14. The van der Waals surface area contributed by atoms with E-state index in [1.54, 1.807) is 17.0 Å². The number of quaternary nitrogens is 1. The monoisotopic (exact) mass is 367 g/mol. The molecule has 7 nitrogen and oxygen atoms in total. The van der Waals surface area contributed by atoms with Crippen LogP contribution in [0.5, 0.6) is 0 Å². The predicted molar refractivity (Wildman–Crippen MR) is 95.1 cm³/mol. The van der Waals surface area contributed by atoms with Crippen molar-refractivity contribution in [3.63, 3.8) is 0 Å². The fraction of sp³-hybridized carbons (Fsp3) is 0.529. The zero-order valence-electron chi connectivity index (χ0n) is 14.1. The predicted octanol–water partition coefficient (Wildman–Crippen LogP) is -0.340. The van der Waals surface area contributed by atoms with Crippen LogP contribution < -0.4 is 20.4 Å². The summed E-state index contributed by atoms with van der Waals surface area (Å²) in [5, 5.41) is 6.39. The van der Waals surface area contributed by atoms with Crippen LogP contribution in [0.15, 0.2) is 24.3 Å². The number of nitrogens with one attached hydrogen (secondary N) is 3. The molecule has 2 aliphatic rings. The Hall–Kier alpha value is -1.83. The number of nitrogens with zero attached hydrogens (tertiary/aromatic N) is 1. The summed E-state index contributed by atoms with van der Waals surface area (Å²) in [6.07, 6.45) is 0.310. The van der Waals surface area contributed by atoms with Gasteiger partial charge in [0.15, 0.2) is 0 Å². The Morgan fingerprint density at radius 2 is 2.00 bits per heavy atom. The normalized spacial score (nSPS) is 21.4. The lowest BCUT2D eigenvalue weighted by Gasteiger charge is -2.23. The second-order valence-corrected chi connectivity index (χ2v) is 6.83. The standard InChI is InChI=1S/C17H23ClN4O3/c18-13-1-3-15(4-2-13)22-12-14(11-16(22)23)20-17(24)19-5-6-21-7-9-25-10-8-21/h1-4,14H,5-12H2,(H2,19,20,24)/p+1/t14-/m0/s1. The average Bonchev–Trinajstić information content (AvgIpc) is 2.96. The summed E-state index contributed by atoms with van der Waals surface area (Å²) in [6, 6.07) is 6.74. The molecule has 3 amide bonds. The van der Waals surface area contributed by atoms with Crippen LogP contribution in [0.4, 0.5) is 10.5 Å². The summed E-state index contributed by atoms with van der Waals surface area (Å²) in [5.74, 6) is 0.00498. The Morgan fingerprint density at radius 3 is 2.72 bits per heavy atom. The summed E-state index contributed by atoms with van der Waals surface area (Å²) in [6.45, 7) is 5.51. The molecule has 0 bridgehead atoms. The molecular formula is C17H24ClN4O3+. The van der Waals surface area contributed by atoms with Gasteiger partial charge in [-0.2, -0.15) is 0 Å². The lowest BCUT2D eigenvalue weighted by atomic mass is 10.2. The van der Waals surface area contributed by atoms with Crippen molar-refractivity contribution in [2.75, 3.05) is 50.8 Å². The van der Waals surface area contributed by atoms with Crippen molar-refractivity contribution in [3.05, 3.63) is 29.3 Å². The zero-order chi connectivity index (χ0) is 17.6. The summed E-state index contributed by atoms with van der Waals surface area (Å²) >= 11 is 5.88. The van der Waals surface area contributed by atoms with Crippen molar-refractivity contribution in [3.8, 4) is 0 Å². The molecule has 0 spiro atoms. The molecule has 3 rings (SSSR count). The smallest absolute Gasteiger partial charge is 0.315 e. The summed E-state index contributed by atoms with van der Waals surface area (Å²) < 4.78 is 5.31. The quantitative estimate of drug-likeness (QED) is 0.666. The first-order valence-electron chi connectivity index (χ1n) is 8.63. The Kier molecular flexibility index (Phi) is 6.12. The van der Waals surface area contributed by atoms with Gasteiger partial charge in [-0.05, 0) is 24.3 Å². The number of halogens is 1. The van der Waals surface area contributed by atoms with Gasteiger partial charge in [-0.3, -0.25) is 4.79 Å². The van der Waals surface area contributed by atoms with Crippen molar-refractivity contribution < 1.29 is 19.2 Å². The molecule has 136 valence electrons. The molecule has 0 saturated carbocycles. The molecule has 0 aromatic heterocycles. The number of benzene rings is 1. The number of hydrogen-bond donors (Lipinski definition) is 3. The first kappa shape index (κ1) is 18.0. The number of hydrogen-bond acceptors (Lipinski definition) is 3. The van der Waals surface area contributed by atoms with Crippen molar-refractivity contribution in [1.29, 1.82) is 0 Å². The van der Waals surface area contributed by atoms with E-state index in [4.69, 9.17) is 16.3 Å². The molecule has 2 saturated heterocycles. The maximum atomic E-state index is 12.2. The van der Waals surface area contributed by atoms with Crippen LogP contribution in [-0.4, -0.2) is 63.9 Å². The minimum Gasteiger partial charge on any atom is -0.370 e. The molecule has 3 N–H and O–H groups in total. The van der Waals surface area contributed by atoms with E-state index in [1.807, 2.05) is 12.1 Å². The topological polar surface area (TPSA) is 75.1 Å². The molecule has 1 aromatic carbocycles. The second kappa shape index (κ2) is 8.51. The van der Waals surface area contributed by atoms with Crippen LogP contribution in [0.1, 0.15) is 6.42 Å². The zero-order valence-corrected chi connectivity index (χ0v) is 14.8. The van der Waals surface area contributed by atoms with E-state index in [1.165, 1.54) is 4.90 Å². The molecule has 2 aliphatic heterocycles. The third-order valence-corrected chi connectivity index (χ3v) is 4.81. The fourth-order valence-corrected chi connectivity index (χ4v) is 3.30. The Labute approximate surface area is 152 Å². The molecule has 2 heterocycles. The van der Waals surface area contributed by atoms with Crippen molar-refractivity contribution in [2.24, 2.45) is 0 Å². The largest absolute Gasteiger partial charge is 0.370 e. The van der Waals surface area contributed by atoms with Crippen LogP contribution in [-0.2, 0) is 9.53 Å². The van der Waals surface area contributed by atoms with Crippen LogP contribution in [0.25, 0.3) is 0 Å². The van der Waals surface area contributed by atoms with E-state index in [0.717, 1.165) is 38.5 Å². The van der Waals surface area contributed by atoms with Gasteiger partial charge in [0.25, 0.3) is 0 Å². The minimum atomic E-state index is -0.219. The molecule has 0 aliphatic carbocycles. The van der Waals surface area contributed by atoms with Crippen LogP contribution >= 0.6 is 11.6 Å². The molecule has 8 heteroatoms. The highest BCUT2D eigenvalue weighted by atomic mass is 35.5. The van der Waals surface area contributed by atoms with E-state index in [-0.39, 0.29) is 18.0 Å². The number of carbonyl (C=O) groups is 2. The third kappa shape index (κ3) is 5.07. The molecule has 2 fully saturated rings. The van der Waals surface area contributed by atoms with E-state index in [9.17, 15) is 9.59 Å². The van der Waals surface area contributed by atoms with Gasteiger partial charge in [-0.1, -0.05) is 11.6 Å². The van der Waals surface area contributed by atoms with Crippen molar-refractivity contribution in [1.82, 2.24) is 10.6 Å². The maximum Gasteiger partial charge on any atom is 0.315 e. The van der Waals surface area contributed by atoms with E-state index < -0.39 is 0 Å². The number of carbonyl (C=O) groups excluding carboxylic acids is 2. The van der Waals surface area contributed by atoms with Gasteiger partial charge in [0.05, 0.1) is 32.3 Å². The number of ether oxygens (including phenoxy) is 1. The fourth-order valence-electron chi connectivity index (χ4n) is 3.17. The van der Waals surface area contributed by atoms with Gasteiger partial charge in [0.2, 0.25) is 5.91 Å². The van der Waals surface area contributed by atoms with Crippen LogP contribution in [0, 0.1) is 0 Å². The van der Waals surface area contributed by atoms with Gasteiger partial charge in [-0.15, -0.1) is 0 Å². The summed E-state index contributed by atoms with van der Waals surface area (Å²) in [7, 11) is 0. The number of urea groups is 1. The third-order valence-electron chi connectivity index (χ3n) is 4.56. The number of amides is 3. The molecular weight excluding hydrogens is 344 g/mol. The molecule has 25 heavy (non-hydrogen) atoms. The van der Waals surface area contributed by atoms with Crippen molar-refractivity contribution >= 4 is 29.2 Å². The summed E-state index contributed by atoms with van der Waals surface area (Å²) in [5.41, 5.74) is 0.801. The van der Waals surface area contributed by atoms with Gasteiger partial charge in [-0.25, -0.2) is 4.79 Å². The highest BCUT2D eigenvalue weighted by molar-refractivity contribution is 6.30. The second-order valence-electron chi connectivity index (χ2n) is 6.39.